The van der Waals surface area contributed by atoms with Crippen LogP contribution in [0.2, 0.25) is 0 Å². The Balaban J connectivity index is 0.00000364. The quantitative estimate of drug-likeness (QED) is 0.339. The van der Waals surface area contributed by atoms with E-state index in [-0.39, 0.29) is 24.0 Å². The Bertz CT molecular complexity index is 545. The number of aliphatic imine (C=N–C) groups is 1. The zero-order valence-electron chi connectivity index (χ0n) is 17.2. The smallest absolute Gasteiger partial charge is 0.193 e. The predicted octanol–water partition coefficient (Wildman–Crippen LogP) is 4.13. The molecule has 0 saturated carbocycles. The van der Waals surface area contributed by atoms with Crippen LogP contribution in [0.25, 0.3) is 0 Å². The predicted molar refractivity (Wildman–Crippen MR) is 124 cm³/mol. The van der Waals surface area contributed by atoms with Gasteiger partial charge in [0.05, 0.1) is 7.11 Å². The van der Waals surface area contributed by atoms with Gasteiger partial charge in [0.2, 0.25) is 0 Å². The van der Waals surface area contributed by atoms with E-state index in [1.54, 1.807) is 7.11 Å². The van der Waals surface area contributed by atoms with E-state index in [4.69, 9.17) is 9.47 Å². The van der Waals surface area contributed by atoms with Crippen LogP contribution in [0, 0.1) is 5.92 Å². The summed E-state index contributed by atoms with van der Waals surface area (Å²) in [5.74, 6) is 3.18. The second-order valence-electron chi connectivity index (χ2n) is 7.20. The maximum absolute atomic E-state index is 5.44. The van der Waals surface area contributed by atoms with Crippen molar-refractivity contribution in [3.05, 3.63) is 29.8 Å². The summed E-state index contributed by atoms with van der Waals surface area (Å²) in [6, 6.07) is 8.36. The molecule has 1 aromatic carbocycles. The van der Waals surface area contributed by atoms with Crippen LogP contribution in [0.5, 0.6) is 5.75 Å². The van der Waals surface area contributed by atoms with Gasteiger partial charge in [-0.05, 0) is 55.2 Å². The molecule has 1 fully saturated rings. The third kappa shape index (κ3) is 8.25. The third-order valence-corrected chi connectivity index (χ3v) is 5.33. The zero-order valence-corrected chi connectivity index (χ0v) is 19.6. The summed E-state index contributed by atoms with van der Waals surface area (Å²) in [4.78, 5) is 6.68. The van der Waals surface area contributed by atoms with Crippen LogP contribution in [-0.2, 0) is 4.74 Å². The Morgan fingerprint density at radius 1 is 1.30 bits per heavy atom. The van der Waals surface area contributed by atoms with Crippen LogP contribution in [0.3, 0.4) is 0 Å². The number of nitrogens with one attached hydrogen (secondary N) is 1. The first-order valence-corrected chi connectivity index (χ1v) is 9.77. The molecule has 0 bridgehead atoms. The van der Waals surface area contributed by atoms with Crippen LogP contribution < -0.4 is 10.1 Å². The maximum atomic E-state index is 5.44. The highest BCUT2D eigenvalue weighted by Crippen LogP contribution is 2.21. The fourth-order valence-corrected chi connectivity index (χ4v) is 3.40. The molecule has 2 rings (SSSR count). The number of hydrogen-bond donors (Lipinski definition) is 1. The lowest BCUT2D eigenvalue weighted by atomic mass is 9.96. The Labute approximate surface area is 181 Å². The summed E-state index contributed by atoms with van der Waals surface area (Å²) in [5, 5.41) is 3.51. The van der Waals surface area contributed by atoms with Crippen molar-refractivity contribution < 1.29 is 9.47 Å². The van der Waals surface area contributed by atoms with E-state index in [1.807, 2.05) is 19.2 Å². The molecular formula is C21H36IN3O2. The summed E-state index contributed by atoms with van der Waals surface area (Å²) in [6.45, 7) is 6.07. The number of benzene rings is 1. The number of guanidine groups is 1. The summed E-state index contributed by atoms with van der Waals surface area (Å²) in [5.41, 5.74) is 1.34. The second kappa shape index (κ2) is 13.2. The molecule has 0 radical (unpaired) electrons. The number of rotatable bonds is 8. The number of nitrogens with zero attached hydrogens (tertiary/aromatic N) is 2. The molecule has 1 saturated heterocycles. The number of ether oxygens (including phenoxy) is 2. The molecule has 154 valence electrons. The molecule has 1 aromatic rings. The van der Waals surface area contributed by atoms with Crippen molar-refractivity contribution in [2.24, 2.45) is 10.9 Å². The molecule has 0 aromatic heterocycles. The Hall–Kier alpha value is -1.02. The average Bonchev–Trinajstić information content (AvgIpc) is 2.70. The number of methoxy groups -OCH3 is 1. The van der Waals surface area contributed by atoms with Crippen molar-refractivity contribution in [3.63, 3.8) is 0 Å². The van der Waals surface area contributed by atoms with Crippen LogP contribution in [0.4, 0.5) is 0 Å². The van der Waals surface area contributed by atoms with Crippen LogP contribution >= 0.6 is 24.0 Å². The van der Waals surface area contributed by atoms with Gasteiger partial charge in [-0.15, -0.1) is 24.0 Å². The molecule has 1 atom stereocenters. The second-order valence-corrected chi connectivity index (χ2v) is 7.20. The Morgan fingerprint density at radius 3 is 2.56 bits per heavy atom. The fraction of sp³-hybridized carbons (Fsp3) is 0.667. The lowest BCUT2D eigenvalue weighted by Gasteiger charge is -2.27. The minimum Gasteiger partial charge on any atom is -0.497 e. The van der Waals surface area contributed by atoms with Crippen molar-refractivity contribution >= 4 is 29.9 Å². The summed E-state index contributed by atoms with van der Waals surface area (Å²) < 4.78 is 10.7. The van der Waals surface area contributed by atoms with Crippen LogP contribution in [0.15, 0.2) is 29.3 Å². The molecule has 1 aliphatic heterocycles. The molecule has 6 heteroatoms. The van der Waals surface area contributed by atoms with Crippen molar-refractivity contribution in [3.8, 4) is 5.75 Å². The van der Waals surface area contributed by atoms with E-state index < -0.39 is 0 Å². The largest absolute Gasteiger partial charge is 0.497 e. The minimum absolute atomic E-state index is 0. The van der Waals surface area contributed by atoms with E-state index in [0.29, 0.717) is 5.92 Å². The molecule has 1 heterocycles. The van der Waals surface area contributed by atoms with Gasteiger partial charge in [-0.3, -0.25) is 4.99 Å². The van der Waals surface area contributed by atoms with E-state index in [2.05, 4.69) is 41.3 Å². The number of halogens is 1. The number of hydrogen-bond acceptors (Lipinski definition) is 3. The molecule has 5 nitrogen and oxygen atoms in total. The first-order chi connectivity index (χ1) is 12.6. The van der Waals surface area contributed by atoms with E-state index in [9.17, 15) is 0 Å². The summed E-state index contributed by atoms with van der Waals surface area (Å²) in [6.07, 6.45) is 4.67. The van der Waals surface area contributed by atoms with Gasteiger partial charge in [0.25, 0.3) is 0 Å². The van der Waals surface area contributed by atoms with Gasteiger partial charge in [0.1, 0.15) is 5.75 Å². The van der Waals surface area contributed by atoms with Crippen LogP contribution in [0.1, 0.15) is 44.1 Å². The van der Waals surface area contributed by atoms with Crippen molar-refractivity contribution in [2.75, 3.05) is 47.5 Å². The van der Waals surface area contributed by atoms with Gasteiger partial charge in [0, 0.05) is 40.4 Å². The van der Waals surface area contributed by atoms with Gasteiger partial charge < -0.3 is 19.7 Å². The lowest BCUT2D eigenvalue weighted by Crippen LogP contribution is -2.40. The summed E-state index contributed by atoms with van der Waals surface area (Å²) >= 11 is 0. The lowest BCUT2D eigenvalue weighted by molar-refractivity contribution is 0.0625. The van der Waals surface area contributed by atoms with Crippen LogP contribution in [-0.4, -0.2) is 58.4 Å². The topological polar surface area (TPSA) is 46.1 Å². The van der Waals surface area contributed by atoms with E-state index in [0.717, 1.165) is 50.4 Å². The van der Waals surface area contributed by atoms with Gasteiger partial charge in [-0.1, -0.05) is 19.1 Å². The van der Waals surface area contributed by atoms with Crippen molar-refractivity contribution in [1.29, 1.82) is 0 Å². The first kappa shape index (κ1) is 24.0. The van der Waals surface area contributed by atoms with Gasteiger partial charge in [-0.2, -0.15) is 0 Å². The SMILES string of the molecule is CN=C(NCCC(C)c1ccc(OC)cc1)N(C)CCC1CCOCC1.I. The molecule has 0 spiro atoms. The molecule has 0 amide bonds. The Morgan fingerprint density at radius 2 is 1.96 bits per heavy atom. The molecule has 0 aliphatic carbocycles. The van der Waals surface area contributed by atoms with Crippen molar-refractivity contribution in [1.82, 2.24) is 10.2 Å². The Kier molecular flexibility index (Phi) is 11.7. The third-order valence-electron chi connectivity index (χ3n) is 5.33. The minimum atomic E-state index is 0. The highest BCUT2D eigenvalue weighted by atomic mass is 127. The highest BCUT2D eigenvalue weighted by Gasteiger charge is 2.15. The molecular weight excluding hydrogens is 453 g/mol. The standard InChI is InChI=1S/C21H35N3O2.HI/c1-17(19-5-7-20(25-4)8-6-19)9-13-23-21(22-2)24(3)14-10-18-11-15-26-16-12-18;/h5-8,17-18H,9-16H2,1-4H3,(H,22,23);1H. The van der Waals surface area contributed by atoms with Crippen molar-refractivity contribution in [2.45, 2.75) is 38.5 Å². The van der Waals surface area contributed by atoms with Gasteiger partial charge >= 0.3 is 0 Å². The molecule has 1 N–H and O–H groups in total. The molecule has 1 unspecified atom stereocenters. The average molecular weight is 489 g/mol. The normalized spacial score (nSPS) is 16.4. The van der Waals surface area contributed by atoms with Gasteiger partial charge in [0.15, 0.2) is 5.96 Å². The highest BCUT2D eigenvalue weighted by molar-refractivity contribution is 14.0. The first-order valence-electron chi connectivity index (χ1n) is 9.77. The summed E-state index contributed by atoms with van der Waals surface area (Å²) in [7, 11) is 5.69. The maximum Gasteiger partial charge on any atom is 0.193 e. The van der Waals surface area contributed by atoms with E-state index in [1.165, 1.54) is 24.8 Å². The monoisotopic (exact) mass is 489 g/mol. The van der Waals surface area contributed by atoms with E-state index >= 15 is 0 Å². The van der Waals surface area contributed by atoms with Gasteiger partial charge in [-0.25, -0.2) is 0 Å². The fourth-order valence-electron chi connectivity index (χ4n) is 3.40. The zero-order chi connectivity index (χ0) is 18.8. The molecule has 1 aliphatic rings. The molecule has 27 heavy (non-hydrogen) atoms.